The largest absolute Gasteiger partial charge is 0.379 e. The molecule has 17 heavy (non-hydrogen) atoms. The molecule has 3 heterocycles. The average Bonchev–Trinajstić information content (AvgIpc) is 2.74. The lowest BCUT2D eigenvalue weighted by atomic mass is 9.90. The van der Waals surface area contributed by atoms with Crippen molar-refractivity contribution in [3.63, 3.8) is 0 Å². The second-order valence-electron chi connectivity index (χ2n) is 5.06. The Kier molecular flexibility index (Phi) is 2.99. The number of aromatic nitrogens is 1. The first-order valence-electron chi connectivity index (χ1n) is 6.38. The van der Waals surface area contributed by atoms with E-state index >= 15 is 0 Å². The van der Waals surface area contributed by atoms with Crippen LogP contribution in [0.2, 0.25) is 0 Å². The van der Waals surface area contributed by atoms with Gasteiger partial charge in [-0.05, 0) is 37.9 Å². The molecule has 1 aromatic rings. The van der Waals surface area contributed by atoms with Crippen molar-refractivity contribution in [1.29, 1.82) is 0 Å². The zero-order chi connectivity index (χ0) is 11.6. The number of ether oxygens (including phenoxy) is 1. The molecule has 1 spiro atoms. The monoisotopic (exact) mass is 233 g/mol. The summed E-state index contributed by atoms with van der Waals surface area (Å²) in [5.41, 5.74) is 1.17. The normalized spacial score (nSPS) is 32.8. The summed E-state index contributed by atoms with van der Waals surface area (Å²) in [6.07, 6.45) is 7.16. The molecular weight excluding hydrogens is 214 g/mol. The van der Waals surface area contributed by atoms with Crippen LogP contribution in [0.1, 0.15) is 19.3 Å². The van der Waals surface area contributed by atoms with Gasteiger partial charge < -0.3 is 15.4 Å². The van der Waals surface area contributed by atoms with Crippen LogP contribution in [0.5, 0.6) is 0 Å². The van der Waals surface area contributed by atoms with Gasteiger partial charge >= 0.3 is 0 Å². The lowest BCUT2D eigenvalue weighted by Crippen LogP contribution is -2.45. The van der Waals surface area contributed by atoms with E-state index in [4.69, 9.17) is 4.74 Å². The zero-order valence-electron chi connectivity index (χ0n) is 9.98. The number of anilines is 1. The summed E-state index contributed by atoms with van der Waals surface area (Å²) in [5, 5.41) is 6.93. The smallest absolute Gasteiger partial charge is 0.0828 e. The van der Waals surface area contributed by atoms with Crippen molar-refractivity contribution in [1.82, 2.24) is 10.3 Å². The fourth-order valence-corrected chi connectivity index (χ4v) is 2.86. The Morgan fingerprint density at radius 2 is 2.53 bits per heavy atom. The van der Waals surface area contributed by atoms with Gasteiger partial charge in [0.05, 0.1) is 23.9 Å². The van der Waals surface area contributed by atoms with Crippen molar-refractivity contribution in [2.45, 2.75) is 30.9 Å². The van der Waals surface area contributed by atoms with Crippen LogP contribution in [-0.4, -0.2) is 36.3 Å². The van der Waals surface area contributed by atoms with E-state index in [0.717, 1.165) is 31.8 Å². The highest BCUT2D eigenvalue weighted by Crippen LogP contribution is 2.33. The first-order chi connectivity index (χ1) is 8.36. The van der Waals surface area contributed by atoms with E-state index in [0.29, 0.717) is 6.04 Å². The Bertz CT molecular complexity index is 362. The van der Waals surface area contributed by atoms with Crippen molar-refractivity contribution in [3.05, 3.63) is 24.5 Å². The predicted molar refractivity (Wildman–Crippen MR) is 67.1 cm³/mol. The molecule has 0 aliphatic carbocycles. The summed E-state index contributed by atoms with van der Waals surface area (Å²) in [6, 6.07) is 4.42. The van der Waals surface area contributed by atoms with E-state index in [2.05, 4.69) is 21.7 Å². The van der Waals surface area contributed by atoms with Crippen LogP contribution in [0.3, 0.4) is 0 Å². The number of pyridine rings is 1. The van der Waals surface area contributed by atoms with Crippen LogP contribution in [0, 0.1) is 0 Å². The minimum atomic E-state index is 0.0815. The summed E-state index contributed by atoms with van der Waals surface area (Å²) in [5.74, 6) is 0. The van der Waals surface area contributed by atoms with Gasteiger partial charge in [0.25, 0.3) is 0 Å². The van der Waals surface area contributed by atoms with Crippen LogP contribution in [0.25, 0.3) is 0 Å². The van der Waals surface area contributed by atoms with E-state index in [1.54, 1.807) is 6.20 Å². The van der Waals surface area contributed by atoms with Gasteiger partial charge in [0.15, 0.2) is 0 Å². The maximum atomic E-state index is 6.02. The van der Waals surface area contributed by atoms with Crippen LogP contribution in [0.15, 0.2) is 24.5 Å². The van der Waals surface area contributed by atoms with Gasteiger partial charge in [-0.2, -0.15) is 0 Å². The fraction of sp³-hybridized carbons (Fsp3) is 0.615. The lowest BCUT2D eigenvalue weighted by Gasteiger charge is -2.33. The third-order valence-corrected chi connectivity index (χ3v) is 3.67. The topological polar surface area (TPSA) is 46.2 Å². The Morgan fingerprint density at radius 3 is 3.29 bits per heavy atom. The number of rotatable bonds is 2. The van der Waals surface area contributed by atoms with Gasteiger partial charge in [-0.3, -0.25) is 4.98 Å². The highest BCUT2D eigenvalue weighted by molar-refractivity contribution is 5.41. The molecule has 0 saturated carbocycles. The number of hydrogen-bond acceptors (Lipinski definition) is 4. The quantitative estimate of drug-likeness (QED) is 0.810. The molecule has 0 aromatic carbocycles. The van der Waals surface area contributed by atoms with Crippen molar-refractivity contribution < 1.29 is 4.74 Å². The molecule has 0 radical (unpaired) electrons. The maximum absolute atomic E-state index is 6.02. The van der Waals surface area contributed by atoms with Crippen molar-refractivity contribution >= 4 is 5.69 Å². The molecule has 2 atom stereocenters. The molecule has 1 aromatic heterocycles. The number of hydrogen-bond donors (Lipinski definition) is 2. The molecule has 2 fully saturated rings. The van der Waals surface area contributed by atoms with Gasteiger partial charge in [0.1, 0.15) is 0 Å². The van der Waals surface area contributed by atoms with Gasteiger partial charge in [-0.25, -0.2) is 0 Å². The molecule has 4 nitrogen and oxygen atoms in total. The van der Waals surface area contributed by atoms with Gasteiger partial charge in [-0.1, -0.05) is 0 Å². The zero-order valence-corrected chi connectivity index (χ0v) is 9.98. The molecule has 2 aliphatic rings. The molecule has 2 N–H and O–H groups in total. The van der Waals surface area contributed by atoms with E-state index < -0.39 is 0 Å². The number of nitrogens with one attached hydrogen (secondary N) is 2. The molecule has 2 unspecified atom stereocenters. The van der Waals surface area contributed by atoms with Gasteiger partial charge in [0.2, 0.25) is 0 Å². The molecule has 0 amide bonds. The molecule has 92 valence electrons. The number of nitrogens with zero attached hydrogens (tertiary/aromatic N) is 1. The highest BCUT2D eigenvalue weighted by atomic mass is 16.5. The van der Waals surface area contributed by atoms with E-state index in [1.165, 1.54) is 12.8 Å². The standard InChI is InChI=1S/C13H19N3O/c1-3-11(8-14-5-1)16-12-7-13(17-9-12)4-2-6-15-10-13/h1,3,5,8,12,15-16H,2,4,6-7,9-10H2. The van der Waals surface area contributed by atoms with Crippen LogP contribution in [0.4, 0.5) is 5.69 Å². The van der Waals surface area contributed by atoms with Crippen LogP contribution in [-0.2, 0) is 4.74 Å². The van der Waals surface area contributed by atoms with Crippen molar-refractivity contribution in [2.75, 3.05) is 25.0 Å². The predicted octanol–water partition coefficient (Wildman–Crippen LogP) is 1.40. The summed E-state index contributed by atoms with van der Waals surface area (Å²) >= 11 is 0. The number of piperidine rings is 1. The fourth-order valence-electron chi connectivity index (χ4n) is 2.86. The minimum Gasteiger partial charge on any atom is -0.379 e. The molecule has 2 aliphatic heterocycles. The minimum absolute atomic E-state index is 0.0815. The van der Waals surface area contributed by atoms with Crippen LogP contribution >= 0.6 is 0 Å². The average molecular weight is 233 g/mol. The summed E-state index contributed by atoms with van der Waals surface area (Å²) in [4.78, 5) is 4.12. The second-order valence-corrected chi connectivity index (χ2v) is 5.06. The first kappa shape index (κ1) is 11.0. The van der Waals surface area contributed by atoms with Crippen LogP contribution < -0.4 is 10.6 Å². The van der Waals surface area contributed by atoms with Crippen molar-refractivity contribution in [2.24, 2.45) is 0 Å². The molecular formula is C13H19N3O. The molecule has 4 heteroatoms. The second kappa shape index (κ2) is 4.63. The first-order valence-corrected chi connectivity index (χ1v) is 6.38. The highest BCUT2D eigenvalue weighted by Gasteiger charge is 2.41. The van der Waals surface area contributed by atoms with Gasteiger partial charge in [0, 0.05) is 18.9 Å². The van der Waals surface area contributed by atoms with E-state index in [1.807, 2.05) is 12.3 Å². The molecule has 2 saturated heterocycles. The Balaban J connectivity index is 1.60. The summed E-state index contributed by atoms with van der Waals surface area (Å²) < 4.78 is 6.02. The molecule has 0 bridgehead atoms. The third kappa shape index (κ3) is 2.42. The van der Waals surface area contributed by atoms with Crippen molar-refractivity contribution in [3.8, 4) is 0 Å². The Hall–Kier alpha value is -1.13. The van der Waals surface area contributed by atoms with E-state index in [-0.39, 0.29) is 5.60 Å². The Morgan fingerprint density at radius 1 is 1.53 bits per heavy atom. The Labute approximate surface area is 102 Å². The van der Waals surface area contributed by atoms with Gasteiger partial charge in [-0.15, -0.1) is 0 Å². The molecule has 3 rings (SSSR count). The maximum Gasteiger partial charge on any atom is 0.0828 e. The summed E-state index contributed by atoms with van der Waals surface area (Å²) in [7, 11) is 0. The SMILES string of the molecule is c1cncc(NC2COC3(CCCNC3)C2)c1. The lowest BCUT2D eigenvalue weighted by molar-refractivity contribution is -0.0138. The summed E-state index contributed by atoms with van der Waals surface area (Å²) in [6.45, 7) is 2.93. The van der Waals surface area contributed by atoms with E-state index in [9.17, 15) is 0 Å². The third-order valence-electron chi connectivity index (χ3n) is 3.67.